The minimum absolute atomic E-state index is 0.109. The second-order valence-electron chi connectivity index (χ2n) is 4.76. The quantitative estimate of drug-likeness (QED) is 0.764. The molecule has 2 rings (SSSR count). The summed E-state index contributed by atoms with van der Waals surface area (Å²) in [5, 5.41) is 2.95. The molecule has 1 amide bonds. The molecule has 1 aromatic rings. The summed E-state index contributed by atoms with van der Waals surface area (Å²) in [6.45, 7) is 3.77. The summed E-state index contributed by atoms with van der Waals surface area (Å²) in [6, 6.07) is 7.77. The summed E-state index contributed by atoms with van der Waals surface area (Å²) in [7, 11) is 1.64. The number of amides is 1. The molecular formula is C15H21NO3. The first-order valence-corrected chi connectivity index (χ1v) is 6.73. The summed E-state index contributed by atoms with van der Waals surface area (Å²) in [6.07, 6.45) is 1.83. The van der Waals surface area contributed by atoms with Crippen molar-refractivity contribution < 1.29 is 14.3 Å². The average molecular weight is 263 g/mol. The van der Waals surface area contributed by atoms with E-state index in [9.17, 15) is 4.79 Å². The van der Waals surface area contributed by atoms with Gasteiger partial charge in [0.25, 0.3) is 0 Å². The Morgan fingerprint density at radius 3 is 2.53 bits per heavy atom. The number of methoxy groups -OCH3 is 1. The number of hydrogen-bond donors (Lipinski definition) is 1. The van der Waals surface area contributed by atoms with Crippen LogP contribution in [0.5, 0.6) is 5.75 Å². The molecule has 19 heavy (non-hydrogen) atoms. The summed E-state index contributed by atoms with van der Waals surface area (Å²) in [5.74, 6) is 0.925. The van der Waals surface area contributed by atoms with E-state index in [1.54, 1.807) is 7.11 Å². The van der Waals surface area contributed by atoms with Crippen LogP contribution < -0.4 is 10.1 Å². The number of ether oxygens (including phenoxy) is 2. The highest BCUT2D eigenvalue weighted by atomic mass is 16.5. The minimum Gasteiger partial charge on any atom is -0.497 e. The number of benzene rings is 1. The lowest BCUT2D eigenvalue weighted by atomic mass is 9.95. The Bertz CT molecular complexity index is 424. The van der Waals surface area contributed by atoms with Crippen LogP contribution in [0.4, 0.5) is 0 Å². The predicted molar refractivity (Wildman–Crippen MR) is 73.4 cm³/mol. The molecule has 0 spiro atoms. The third-order valence-corrected chi connectivity index (χ3v) is 3.56. The first-order valence-electron chi connectivity index (χ1n) is 6.73. The van der Waals surface area contributed by atoms with E-state index in [2.05, 4.69) is 5.32 Å². The first-order chi connectivity index (χ1) is 9.23. The maximum Gasteiger partial charge on any atom is 0.230 e. The second kappa shape index (κ2) is 6.06. The van der Waals surface area contributed by atoms with E-state index in [4.69, 9.17) is 9.47 Å². The molecule has 4 nitrogen and oxygen atoms in total. The molecule has 104 valence electrons. The molecule has 1 aromatic carbocycles. The fourth-order valence-corrected chi connectivity index (χ4v) is 2.23. The van der Waals surface area contributed by atoms with Gasteiger partial charge in [-0.3, -0.25) is 4.79 Å². The lowest BCUT2D eigenvalue weighted by Crippen LogP contribution is -2.36. The van der Waals surface area contributed by atoms with Crippen molar-refractivity contribution in [1.82, 2.24) is 5.32 Å². The summed E-state index contributed by atoms with van der Waals surface area (Å²) >= 11 is 0. The molecule has 1 saturated carbocycles. The van der Waals surface area contributed by atoms with Gasteiger partial charge in [-0.2, -0.15) is 0 Å². The van der Waals surface area contributed by atoms with Crippen LogP contribution in [-0.4, -0.2) is 32.8 Å². The van der Waals surface area contributed by atoms with Gasteiger partial charge in [-0.1, -0.05) is 12.1 Å². The Morgan fingerprint density at radius 2 is 2.00 bits per heavy atom. The lowest BCUT2D eigenvalue weighted by molar-refractivity contribution is -0.123. The Balaban J connectivity index is 1.95. The maximum atomic E-state index is 12.2. The highest BCUT2D eigenvalue weighted by molar-refractivity contribution is 5.91. The van der Waals surface area contributed by atoms with Crippen molar-refractivity contribution in [1.29, 1.82) is 0 Å². The molecule has 0 heterocycles. The molecule has 0 saturated heterocycles. The zero-order valence-corrected chi connectivity index (χ0v) is 11.6. The highest BCUT2D eigenvalue weighted by Gasteiger charge is 2.50. The van der Waals surface area contributed by atoms with Gasteiger partial charge in [-0.15, -0.1) is 0 Å². The van der Waals surface area contributed by atoms with Gasteiger partial charge in [0, 0.05) is 13.2 Å². The monoisotopic (exact) mass is 263 g/mol. The van der Waals surface area contributed by atoms with Gasteiger partial charge in [-0.05, 0) is 37.5 Å². The predicted octanol–water partition coefficient (Wildman–Crippen LogP) is 1.88. The smallest absolute Gasteiger partial charge is 0.230 e. The molecule has 4 heteroatoms. The fraction of sp³-hybridized carbons (Fsp3) is 0.533. The van der Waals surface area contributed by atoms with Crippen LogP contribution in [0.3, 0.4) is 0 Å². The van der Waals surface area contributed by atoms with Crippen LogP contribution in [-0.2, 0) is 14.9 Å². The number of hydrogen-bond acceptors (Lipinski definition) is 3. The number of rotatable bonds is 7. The van der Waals surface area contributed by atoms with Crippen LogP contribution in [0.1, 0.15) is 25.3 Å². The molecule has 1 aliphatic rings. The van der Waals surface area contributed by atoms with E-state index in [1.165, 1.54) is 0 Å². The Kier molecular flexibility index (Phi) is 4.43. The third kappa shape index (κ3) is 3.07. The van der Waals surface area contributed by atoms with E-state index >= 15 is 0 Å². The van der Waals surface area contributed by atoms with Crippen molar-refractivity contribution in [2.75, 3.05) is 26.9 Å². The lowest BCUT2D eigenvalue weighted by Gasteiger charge is -2.16. The Hall–Kier alpha value is -1.55. The van der Waals surface area contributed by atoms with Gasteiger partial charge in [0.1, 0.15) is 5.75 Å². The molecule has 0 aromatic heterocycles. The first kappa shape index (κ1) is 13.9. The largest absolute Gasteiger partial charge is 0.497 e. The van der Waals surface area contributed by atoms with E-state index in [1.807, 2.05) is 31.2 Å². The summed E-state index contributed by atoms with van der Waals surface area (Å²) < 4.78 is 10.4. The van der Waals surface area contributed by atoms with Crippen LogP contribution in [0.15, 0.2) is 24.3 Å². The van der Waals surface area contributed by atoms with Crippen molar-refractivity contribution in [3.63, 3.8) is 0 Å². The van der Waals surface area contributed by atoms with Gasteiger partial charge in [0.15, 0.2) is 0 Å². The van der Waals surface area contributed by atoms with Crippen LogP contribution in [0, 0.1) is 0 Å². The summed E-state index contributed by atoms with van der Waals surface area (Å²) in [5.41, 5.74) is 0.751. The van der Waals surface area contributed by atoms with Gasteiger partial charge in [0.05, 0.1) is 19.1 Å². The third-order valence-electron chi connectivity index (χ3n) is 3.56. The van der Waals surface area contributed by atoms with Gasteiger partial charge in [-0.25, -0.2) is 0 Å². The van der Waals surface area contributed by atoms with Crippen molar-refractivity contribution >= 4 is 5.91 Å². The van der Waals surface area contributed by atoms with E-state index in [-0.39, 0.29) is 11.3 Å². The molecule has 1 fully saturated rings. The molecule has 0 atom stereocenters. The number of carbonyl (C=O) groups excluding carboxylic acids is 1. The van der Waals surface area contributed by atoms with Gasteiger partial charge >= 0.3 is 0 Å². The summed E-state index contributed by atoms with van der Waals surface area (Å²) in [4.78, 5) is 12.2. The maximum absolute atomic E-state index is 12.2. The van der Waals surface area contributed by atoms with Crippen LogP contribution in [0.25, 0.3) is 0 Å². The topological polar surface area (TPSA) is 47.6 Å². The molecule has 0 radical (unpaired) electrons. The zero-order chi connectivity index (χ0) is 13.7. The molecule has 0 aliphatic heterocycles. The van der Waals surface area contributed by atoms with E-state index < -0.39 is 0 Å². The van der Waals surface area contributed by atoms with Crippen LogP contribution in [0.2, 0.25) is 0 Å². The van der Waals surface area contributed by atoms with Gasteiger partial charge in [0.2, 0.25) is 5.91 Å². The minimum atomic E-state index is -0.321. The van der Waals surface area contributed by atoms with Crippen molar-refractivity contribution in [3.8, 4) is 5.75 Å². The van der Waals surface area contributed by atoms with Crippen molar-refractivity contribution in [2.45, 2.75) is 25.2 Å². The zero-order valence-electron chi connectivity index (χ0n) is 11.6. The fourth-order valence-electron chi connectivity index (χ4n) is 2.23. The molecule has 0 unspecified atom stereocenters. The normalized spacial score (nSPS) is 15.9. The highest BCUT2D eigenvalue weighted by Crippen LogP contribution is 2.48. The second-order valence-corrected chi connectivity index (χ2v) is 4.76. The van der Waals surface area contributed by atoms with E-state index in [0.29, 0.717) is 19.8 Å². The van der Waals surface area contributed by atoms with Gasteiger partial charge < -0.3 is 14.8 Å². The standard InChI is InChI=1S/C15H21NO3/c1-3-19-11-10-16-14(17)15(8-9-15)12-4-6-13(18-2)7-5-12/h4-7H,3,8-11H2,1-2H3,(H,16,17). The Morgan fingerprint density at radius 1 is 1.32 bits per heavy atom. The molecule has 1 aliphatic carbocycles. The average Bonchev–Trinajstić information content (AvgIpc) is 3.25. The Labute approximate surface area is 114 Å². The number of nitrogens with one attached hydrogen (secondary N) is 1. The molecule has 0 bridgehead atoms. The van der Waals surface area contributed by atoms with Crippen molar-refractivity contribution in [2.24, 2.45) is 0 Å². The molecule has 1 N–H and O–H groups in total. The SMILES string of the molecule is CCOCCNC(=O)C1(c2ccc(OC)cc2)CC1. The number of carbonyl (C=O) groups is 1. The molecular weight excluding hydrogens is 242 g/mol. The van der Waals surface area contributed by atoms with Crippen LogP contribution >= 0.6 is 0 Å². The van der Waals surface area contributed by atoms with Crippen molar-refractivity contribution in [3.05, 3.63) is 29.8 Å². The van der Waals surface area contributed by atoms with E-state index in [0.717, 1.165) is 24.2 Å².